The van der Waals surface area contributed by atoms with E-state index < -0.39 is 5.97 Å². The highest BCUT2D eigenvalue weighted by atomic mass is 19.1. The van der Waals surface area contributed by atoms with E-state index in [1.54, 1.807) is 24.3 Å². The molecule has 0 fully saturated rings. The Labute approximate surface area is 140 Å². The molecule has 2 rings (SSSR count). The number of esters is 1. The molecule has 0 unspecified atom stereocenters. The first kappa shape index (κ1) is 17.6. The Kier molecular flexibility index (Phi) is 6.42. The molecule has 128 valence electrons. The zero-order chi connectivity index (χ0) is 17.4. The molecule has 6 heteroatoms. The largest absolute Gasteiger partial charge is 0.489 e. The number of anilines is 1. The summed E-state index contributed by atoms with van der Waals surface area (Å²) < 4.78 is 28.6. The summed E-state index contributed by atoms with van der Waals surface area (Å²) in [5.74, 6) is 0.0228. The number of aryl methyl sites for hydroxylation is 1. The highest BCUT2D eigenvalue weighted by molar-refractivity contribution is 5.71. The number of rotatable bonds is 8. The molecule has 1 N–H and O–H groups in total. The second-order valence-electron chi connectivity index (χ2n) is 5.05. The zero-order valence-electron chi connectivity index (χ0n) is 13.7. The Balaban J connectivity index is 1.80. The Morgan fingerprint density at radius 3 is 2.67 bits per heavy atom. The summed E-state index contributed by atoms with van der Waals surface area (Å²) in [7, 11) is 1.31. The summed E-state index contributed by atoms with van der Waals surface area (Å²) in [6, 6.07) is 11.7. The molecule has 24 heavy (non-hydrogen) atoms. The topological polar surface area (TPSA) is 56.8 Å². The molecule has 0 amide bonds. The molecular formula is C18H20FNO4. The van der Waals surface area contributed by atoms with E-state index in [9.17, 15) is 9.18 Å². The summed E-state index contributed by atoms with van der Waals surface area (Å²) in [5.41, 5.74) is 1.88. The molecular weight excluding hydrogens is 313 g/mol. The molecule has 2 aromatic rings. The van der Waals surface area contributed by atoms with Gasteiger partial charge in [-0.15, -0.1) is 0 Å². The van der Waals surface area contributed by atoms with Crippen LogP contribution in [0.2, 0.25) is 0 Å². The van der Waals surface area contributed by atoms with E-state index in [1.807, 2.05) is 19.1 Å². The standard InChI is InChI=1S/C18H20FNO4/c1-13-11-14(24-12-18(21)22-2)7-8-16(13)20-9-10-23-17-6-4-3-5-15(17)19/h3-8,11,20H,9-10,12H2,1-2H3. The Morgan fingerprint density at radius 1 is 1.17 bits per heavy atom. The van der Waals surface area contributed by atoms with Crippen molar-refractivity contribution in [3.05, 3.63) is 53.8 Å². The number of methoxy groups -OCH3 is 1. The molecule has 0 bridgehead atoms. The van der Waals surface area contributed by atoms with Crippen molar-refractivity contribution in [1.82, 2.24) is 0 Å². The third-order valence-corrected chi connectivity index (χ3v) is 3.29. The minimum Gasteiger partial charge on any atom is -0.489 e. The highest BCUT2D eigenvalue weighted by Gasteiger charge is 2.05. The lowest BCUT2D eigenvalue weighted by Crippen LogP contribution is -2.14. The van der Waals surface area contributed by atoms with Gasteiger partial charge in [-0.1, -0.05) is 12.1 Å². The van der Waals surface area contributed by atoms with Gasteiger partial charge in [-0.25, -0.2) is 9.18 Å². The number of benzene rings is 2. The number of hydrogen-bond donors (Lipinski definition) is 1. The summed E-state index contributed by atoms with van der Waals surface area (Å²) in [6.45, 7) is 2.66. The summed E-state index contributed by atoms with van der Waals surface area (Å²) in [6.07, 6.45) is 0. The van der Waals surface area contributed by atoms with Crippen molar-refractivity contribution in [2.24, 2.45) is 0 Å². The van der Waals surface area contributed by atoms with Crippen LogP contribution in [-0.2, 0) is 9.53 Å². The van der Waals surface area contributed by atoms with E-state index in [-0.39, 0.29) is 18.2 Å². The molecule has 5 nitrogen and oxygen atoms in total. The molecule has 2 aromatic carbocycles. The van der Waals surface area contributed by atoms with Crippen LogP contribution < -0.4 is 14.8 Å². The minimum atomic E-state index is -0.430. The molecule has 0 spiro atoms. The van der Waals surface area contributed by atoms with E-state index in [0.29, 0.717) is 18.9 Å². The molecule has 0 radical (unpaired) electrons. The van der Waals surface area contributed by atoms with Gasteiger partial charge in [0.25, 0.3) is 0 Å². The van der Waals surface area contributed by atoms with Gasteiger partial charge in [0.1, 0.15) is 12.4 Å². The maximum Gasteiger partial charge on any atom is 0.343 e. The fraction of sp³-hybridized carbons (Fsp3) is 0.278. The molecule has 0 saturated carbocycles. The van der Waals surface area contributed by atoms with Crippen LogP contribution in [0, 0.1) is 12.7 Å². The second-order valence-corrected chi connectivity index (χ2v) is 5.05. The van der Waals surface area contributed by atoms with Gasteiger partial charge in [0.15, 0.2) is 18.2 Å². The van der Waals surface area contributed by atoms with Crippen molar-refractivity contribution in [1.29, 1.82) is 0 Å². The molecule has 0 heterocycles. The number of hydrogen-bond acceptors (Lipinski definition) is 5. The van der Waals surface area contributed by atoms with Gasteiger partial charge in [0.05, 0.1) is 7.11 Å². The predicted molar refractivity (Wildman–Crippen MR) is 89.1 cm³/mol. The monoisotopic (exact) mass is 333 g/mol. The first-order valence-electron chi connectivity index (χ1n) is 7.51. The Hall–Kier alpha value is -2.76. The number of para-hydroxylation sites is 1. The third kappa shape index (κ3) is 5.15. The first-order chi connectivity index (χ1) is 11.6. The normalized spacial score (nSPS) is 10.1. The summed E-state index contributed by atoms with van der Waals surface area (Å²) in [4.78, 5) is 11.1. The maximum absolute atomic E-state index is 13.4. The molecule has 0 aliphatic carbocycles. The van der Waals surface area contributed by atoms with Crippen molar-refractivity contribution in [3.8, 4) is 11.5 Å². The van der Waals surface area contributed by atoms with Crippen LogP contribution in [0.1, 0.15) is 5.56 Å². The average Bonchev–Trinajstić information content (AvgIpc) is 2.59. The smallest absolute Gasteiger partial charge is 0.343 e. The quantitative estimate of drug-likeness (QED) is 0.594. The van der Waals surface area contributed by atoms with E-state index in [0.717, 1.165) is 11.3 Å². The number of nitrogens with one attached hydrogen (secondary N) is 1. The summed E-state index contributed by atoms with van der Waals surface area (Å²) >= 11 is 0. The number of halogens is 1. The zero-order valence-corrected chi connectivity index (χ0v) is 13.7. The van der Waals surface area contributed by atoms with Crippen LogP contribution in [0.4, 0.5) is 10.1 Å². The molecule has 0 aliphatic heterocycles. The van der Waals surface area contributed by atoms with E-state index in [1.165, 1.54) is 13.2 Å². The molecule has 0 aliphatic rings. The molecule has 0 atom stereocenters. The van der Waals surface area contributed by atoms with Gasteiger partial charge in [-0.2, -0.15) is 0 Å². The van der Waals surface area contributed by atoms with Crippen molar-refractivity contribution < 1.29 is 23.4 Å². The minimum absolute atomic E-state index is 0.126. The fourth-order valence-electron chi connectivity index (χ4n) is 2.03. The van der Waals surface area contributed by atoms with Gasteiger partial charge in [0, 0.05) is 12.2 Å². The van der Waals surface area contributed by atoms with E-state index in [2.05, 4.69) is 10.1 Å². The van der Waals surface area contributed by atoms with Crippen LogP contribution in [0.3, 0.4) is 0 Å². The molecule has 0 saturated heterocycles. The number of carbonyl (C=O) groups is 1. The van der Waals surface area contributed by atoms with Gasteiger partial charge in [0.2, 0.25) is 0 Å². The second kappa shape index (κ2) is 8.76. The lowest BCUT2D eigenvalue weighted by atomic mass is 10.2. The Morgan fingerprint density at radius 2 is 1.96 bits per heavy atom. The van der Waals surface area contributed by atoms with Crippen LogP contribution >= 0.6 is 0 Å². The summed E-state index contributed by atoms with van der Waals surface area (Å²) in [5, 5.41) is 3.21. The lowest BCUT2D eigenvalue weighted by molar-refractivity contribution is -0.142. The van der Waals surface area contributed by atoms with Crippen molar-refractivity contribution in [2.75, 3.05) is 32.2 Å². The fourth-order valence-corrected chi connectivity index (χ4v) is 2.03. The maximum atomic E-state index is 13.4. The van der Waals surface area contributed by atoms with Crippen molar-refractivity contribution >= 4 is 11.7 Å². The van der Waals surface area contributed by atoms with Gasteiger partial charge in [-0.05, 0) is 42.8 Å². The van der Waals surface area contributed by atoms with Crippen LogP contribution in [0.5, 0.6) is 11.5 Å². The van der Waals surface area contributed by atoms with Crippen molar-refractivity contribution in [3.63, 3.8) is 0 Å². The van der Waals surface area contributed by atoms with Crippen LogP contribution in [0.25, 0.3) is 0 Å². The van der Waals surface area contributed by atoms with Crippen LogP contribution in [0.15, 0.2) is 42.5 Å². The number of ether oxygens (including phenoxy) is 3. The van der Waals surface area contributed by atoms with E-state index in [4.69, 9.17) is 9.47 Å². The van der Waals surface area contributed by atoms with Crippen molar-refractivity contribution in [2.45, 2.75) is 6.92 Å². The molecule has 0 aromatic heterocycles. The highest BCUT2D eigenvalue weighted by Crippen LogP contribution is 2.21. The third-order valence-electron chi connectivity index (χ3n) is 3.29. The average molecular weight is 333 g/mol. The van der Waals surface area contributed by atoms with Gasteiger partial charge < -0.3 is 19.5 Å². The lowest BCUT2D eigenvalue weighted by Gasteiger charge is -2.12. The SMILES string of the molecule is COC(=O)COc1ccc(NCCOc2ccccc2F)c(C)c1. The van der Waals surface area contributed by atoms with Crippen LogP contribution in [-0.4, -0.2) is 32.8 Å². The first-order valence-corrected chi connectivity index (χ1v) is 7.51. The predicted octanol–water partition coefficient (Wildman–Crippen LogP) is 3.18. The van der Waals surface area contributed by atoms with Gasteiger partial charge in [-0.3, -0.25) is 0 Å². The van der Waals surface area contributed by atoms with Gasteiger partial charge >= 0.3 is 5.97 Å². The Bertz CT molecular complexity index is 690. The van der Waals surface area contributed by atoms with E-state index >= 15 is 0 Å². The number of carbonyl (C=O) groups excluding carboxylic acids is 1.